The van der Waals surface area contributed by atoms with Crippen molar-refractivity contribution in [1.82, 2.24) is 9.97 Å². The molecule has 1 aliphatic rings. The van der Waals surface area contributed by atoms with Crippen molar-refractivity contribution in [3.63, 3.8) is 0 Å². The molecule has 1 fully saturated rings. The highest BCUT2D eigenvalue weighted by Crippen LogP contribution is 2.27. The maximum Gasteiger partial charge on any atom is 0.144 e. The Bertz CT molecular complexity index is 314. The maximum absolute atomic E-state index is 9.16. The molecule has 5 nitrogen and oxygen atoms in total. The Morgan fingerprint density at radius 2 is 2.27 bits per heavy atom. The van der Waals surface area contributed by atoms with E-state index in [2.05, 4.69) is 15.3 Å². The minimum Gasteiger partial charge on any atom is -0.396 e. The van der Waals surface area contributed by atoms with E-state index in [4.69, 9.17) is 10.8 Å². The molecular formula is C10H16N4O. The fourth-order valence-corrected chi connectivity index (χ4v) is 2.05. The van der Waals surface area contributed by atoms with Crippen molar-refractivity contribution in [3.8, 4) is 0 Å². The van der Waals surface area contributed by atoms with Gasteiger partial charge in [-0.15, -0.1) is 0 Å². The number of nitrogens with two attached hydrogens (primary N) is 1. The molecule has 1 saturated carbocycles. The van der Waals surface area contributed by atoms with Gasteiger partial charge in [-0.2, -0.15) is 0 Å². The lowest BCUT2D eigenvalue weighted by Gasteiger charge is -2.19. The first kappa shape index (κ1) is 10.2. The lowest BCUT2D eigenvalue weighted by Crippen LogP contribution is -2.26. The van der Waals surface area contributed by atoms with Crippen LogP contribution in [-0.4, -0.2) is 27.7 Å². The fourth-order valence-electron chi connectivity index (χ4n) is 2.05. The molecular weight excluding hydrogens is 192 g/mol. The molecule has 1 aromatic rings. The minimum atomic E-state index is 0.236. The van der Waals surface area contributed by atoms with Crippen LogP contribution < -0.4 is 11.1 Å². The summed E-state index contributed by atoms with van der Waals surface area (Å²) in [5, 5.41) is 12.4. The number of aliphatic hydroxyl groups excluding tert-OH is 1. The molecule has 0 radical (unpaired) electrons. The lowest BCUT2D eigenvalue weighted by atomic mass is 10.1. The van der Waals surface area contributed by atoms with Crippen LogP contribution in [0.5, 0.6) is 0 Å². The molecule has 0 saturated heterocycles. The summed E-state index contributed by atoms with van der Waals surface area (Å²) in [4.78, 5) is 8.09. The summed E-state index contributed by atoms with van der Waals surface area (Å²) in [6, 6.07) is 0.313. The molecule has 2 atom stereocenters. The van der Waals surface area contributed by atoms with Crippen molar-refractivity contribution in [2.24, 2.45) is 5.92 Å². The average Bonchev–Trinajstić information content (AvgIpc) is 2.69. The van der Waals surface area contributed by atoms with Crippen molar-refractivity contribution in [2.45, 2.75) is 25.3 Å². The van der Waals surface area contributed by atoms with E-state index >= 15 is 0 Å². The largest absolute Gasteiger partial charge is 0.396 e. The Hall–Kier alpha value is -1.36. The topological polar surface area (TPSA) is 84.1 Å². The minimum absolute atomic E-state index is 0.236. The standard InChI is InChI=1S/C10H16N4O/c11-9-4-13-10(5-12-9)14-8-3-1-2-7(8)6-15/h4-5,7-8,15H,1-3,6H2,(H2,11,12)(H,13,14). The van der Waals surface area contributed by atoms with Crippen molar-refractivity contribution < 1.29 is 5.11 Å². The van der Waals surface area contributed by atoms with Gasteiger partial charge in [-0.1, -0.05) is 6.42 Å². The third kappa shape index (κ3) is 2.36. The molecule has 0 amide bonds. The number of hydrogen-bond acceptors (Lipinski definition) is 5. The molecule has 1 aliphatic carbocycles. The molecule has 2 rings (SSSR count). The van der Waals surface area contributed by atoms with E-state index in [0.29, 0.717) is 17.8 Å². The van der Waals surface area contributed by atoms with Crippen LogP contribution in [0.15, 0.2) is 12.4 Å². The van der Waals surface area contributed by atoms with Crippen LogP contribution in [0, 0.1) is 5.92 Å². The van der Waals surface area contributed by atoms with Crippen LogP contribution in [0.2, 0.25) is 0 Å². The third-order valence-corrected chi connectivity index (χ3v) is 2.90. The van der Waals surface area contributed by atoms with E-state index in [1.54, 1.807) is 6.20 Å². The van der Waals surface area contributed by atoms with Crippen LogP contribution in [0.25, 0.3) is 0 Å². The number of anilines is 2. The summed E-state index contributed by atoms with van der Waals surface area (Å²) >= 11 is 0. The van der Waals surface area contributed by atoms with Crippen LogP contribution in [0.4, 0.5) is 11.6 Å². The normalized spacial score (nSPS) is 25.4. The number of nitrogen functional groups attached to an aromatic ring is 1. The fraction of sp³-hybridized carbons (Fsp3) is 0.600. The van der Waals surface area contributed by atoms with Gasteiger partial charge >= 0.3 is 0 Å². The molecule has 82 valence electrons. The Morgan fingerprint density at radius 3 is 2.93 bits per heavy atom. The predicted molar refractivity (Wildman–Crippen MR) is 58.3 cm³/mol. The molecule has 0 spiro atoms. The average molecular weight is 208 g/mol. The van der Waals surface area contributed by atoms with E-state index in [1.165, 1.54) is 6.20 Å². The highest BCUT2D eigenvalue weighted by Gasteiger charge is 2.26. The first-order valence-corrected chi connectivity index (χ1v) is 5.24. The molecule has 2 unspecified atom stereocenters. The zero-order valence-electron chi connectivity index (χ0n) is 8.56. The van der Waals surface area contributed by atoms with E-state index in [1.807, 2.05) is 0 Å². The molecule has 0 bridgehead atoms. The summed E-state index contributed by atoms with van der Waals surface area (Å²) in [7, 11) is 0. The summed E-state index contributed by atoms with van der Waals surface area (Å²) in [5.74, 6) is 1.49. The first-order valence-electron chi connectivity index (χ1n) is 5.24. The third-order valence-electron chi connectivity index (χ3n) is 2.90. The van der Waals surface area contributed by atoms with E-state index < -0.39 is 0 Å². The number of aliphatic hydroxyl groups is 1. The Morgan fingerprint density at radius 1 is 1.40 bits per heavy atom. The lowest BCUT2D eigenvalue weighted by molar-refractivity contribution is 0.222. The Balaban J connectivity index is 1.99. The van der Waals surface area contributed by atoms with Crippen molar-refractivity contribution >= 4 is 11.6 Å². The van der Waals surface area contributed by atoms with Crippen molar-refractivity contribution in [3.05, 3.63) is 12.4 Å². The van der Waals surface area contributed by atoms with Gasteiger partial charge in [0, 0.05) is 18.6 Å². The molecule has 15 heavy (non-hydrogen) atoms. The van der Waals surface area contributed by atoms with Crippen LogP contribution in [-0.2, 0) is 0 Å². The van der Waals surface area contributed by atoms with E-state index in [-0.39, 0.29) is 6.61 Å². The summed E-state index contributed by atoms with van der Waals surface area (Å²) in [5.41, 5.74) is 5.45. The van der Waals surface area contributed by atoms with Crippen LogP contribution >= 0.6 is 0 Å². The van der Waals surface area contributed by atoms with E-state index in [9.17, 15) is 0 Å². The van der Waals surface area contributed by atoms with Gasteiger partial charge in [0.15, 0.2) is 0 Å². The molecule has 4 N–H and O–H groups in total. The Labute approximate surface area is 88.7 Å². The number of aromatic nitrogens is 2. The van der Waals surface area contributed by atoms with Crippen LogP contribution in [0.3, 0.4) is 0 Å². The summed E-state index contributed by atoms with van der Waals surface area (Å²) in [6.45, 7) is 0.236. The molecule has 0 aliphatic heterocycles. The predicted octanol–water partition coefficient (Wildman–Crippen LogP) is 0.632. The second-order valence-electron chi connectivity index (χ2n) is 3.95. The molecule has 0 aromatic carbocycles. The highest BCUT2D eigenvalue weighted by atomic mass is 16.3. The monoisotopic (exact) mass is 208 g/mol. The maximum atomic E-state index is 9.16. The van der Waals surface area contributed by atoms with Crippen LogP contribution in [0.1, 0.15) is 19.3 Å². The number of rotatable bonds is 3. The summed E-state index contributed by atoms with van der Waals surface area (Å²) in [6.07, 6.45) is 6.48. The van der Waals surface area contributed by atoms with Gasteiger partial charge in [-0.3, -0.25) is 0 Å². The second-order valence-corrected chi connectivity index (χ2v) is 3.95. The van der Waals surface area contributed by atoms with E-state index in [0.717, 1.165) is 25.1 Å². The smallest absolute Gasteiger partial charge is 0.144 e. The van der Waals surface area contributed by atoms with Gasteiger partial charge in [-0.25, -0.2) is 9.97 Å². The number of nitrogens with zero attached hydrogens (tertiary/aromatic N) is 2. The number of hydrogen-bond donors (Lipinski definition) is 3. The SMILES string of the molecule is Nc1cnc(NC2CCCC2CO)cn1. The van der Waals surface area contributed by atoms with Gasteiger partial charge in [0.2, 0.25) is 0 Å². The summed E-state index contributed by atoms with van der Waals surface area (Å²) < 4.78 is 0. The van der Waals surface area contributed by atoms with Gasteiger partial charge < -0.3 is 16.2 Å². The quantitative estimate of drug-likeness (QED) is 0.678. The molecule has 1 aromatic heterocycles. The zero-order valence-corrected chi connectivity index (χ0v) is 8.56. The van der Waals surface area contributed by atoms with Crippen molar-refractivity contribution in [1.29, 1.82) is 0 Å². The zero-order chi connectivity index (χ0) is 10.7. The number of nitrogens with one attached hydrogen (secondary N) is 1. The molecule has 5 heteroatoms. The second kappa shape index (κ2) is 4.44. The van der Waals surface area contributed by atoms with Crippen molar-refractivity contribution in [2.75, 3.05) is 17.7 Å². The highest BCUT2D eigenvalue weighted by molar-refractivity contribution is 5.37. The van der Waals surface area contributed by atoms with Gasteiger partial charge in [0.1, 0.15) is 11.6 Å². The Kier molecular flexibility index (Phi) is 3.01. The molecule has 1 heterocycles. The van der Waals surface area contributed by atoms with Gasteiger partial charge in [-0.05, 0) is 12.8 Å². The van der Waals surface area contributed by atoms with Gasteiger partial charge in [0.05, 0.1) is 12.4 Å². The first-order chi connectivity index (χ1) is 7.29. The van der Waals surface area contributed by atoms with Gasteiger partial charge in [0.25, 0.3) is 0 Å².